The lowest BCUT2D eigenvalue weighted by atomic mass is 10.1. The Morgan fingerprint density at radius 1 is 1.12 bits per heavy atom. The van der Waals surface area contributed by atoms with Crippen LogP contribution in [0.4, 0.5) is 0 Å². The Bertz CT molecular complexity index is 661. The van der Waals surface area contributed by atoms with Gasteiger partial charge in [-0.1, -0.05) is 12.1 Å². The van der Waals surface area contributed by atoms with Gasteiger partial charge >= 0.3 is 5.97 Å². The molecular formula is C16H22N4O6. The van der Waals surface area contributed by atoms with Gasteiger partial charge in [-0.3, -0.25) is 14.4 Å². The average molecular weight is 366 g/mol. The maximum absolute atomic E-state index is 11.9. The van der Waals surface area contributed by atoms with Gasteiger partial charge in [0.25, 0.3) is 0 Å². The van der Waals surface area contributed by atoms with Crippen molar-refractivity contribution in [1.29, 1.82) is 0 Å². The second kappa shape index (κ2) is 9.99. The van der Waals surface area contributed by atoms with Crippen molar-refractivity contribution in [2.75, 3.05) is 6.54 Å². The van der Waals surface area contributed by atoms with E-state index in [1.807, 2.05) is 0 Å². The first kappa shape index (κ1) is 20.9. The number of carboxylic acid groups (broad SMARTS) is 1. The maximum Gasteiger partial charge on any atom is 0.326 e. The minimum absolute atomic E-state index is 0.00737. The van der Waals surface area contributed by atoms with Gasteiger partial charge in [-0.2, -0.15) is 0 Å². The van der Waals surface area contributed by atoms with Crippen LogP contribution in [0.3, 0.4) is 0 Å². The predicted molar refractivity (Wildman–Crippen MR) is 90.8 cm³/mol. The lowest BCUT2D eigenvalue weighted by Gasteiger charge is -2.16. The molecule has 10 heteroatoms. The number of phenols is 1. The van der Waals surface area contributed by atoms with E-state index in [2.05, 4.69) is 10.6 Å². The first-order chi connectivity index (χ1) is 12.2. The molecule has 1 aromatic rings. The van der Waals surface area contributed by atoms with E-state index in [0.717, 1.165) is 0 Å². The van der Waals surface area contributed by atoms with Gasteiger partial charge in [0, 0.05) is 12.8 Å². The average Bonchev–Trinajstić information content (AvgIpc) is 2.58. The minimum atomic E-state index is -1.24. The Morgan fingerprint density at radius 3 is 2.27 bits per heavy atom. The highest BCUT2D eigenvalue weighted by atomic mass is 16.4. The number of hydrogen-bond acceptors (Lipinski definition) is 6. The van der Waals surface area contributed by atoms with Crippen molar-refractivity contribution in [3.8, 4) is 5.75 Å². The number of amides is 3. The van der Waals surface area contributed by atoms with E-state index in [0.29, 0.717) is 5.56 Å². The van der Waals surface area contributed by atoms with E-state index in [1.54, 1.807) is 0 Å². The third-order valence-electron chi connectivity index (χ3n) is 3.47. The molecule has 0 fully saturated rings. The first-order valence-corrected chi connectivity index (χ1v) is 7.80. The molecule has 0 bridgehead atoms. The Labute approximate surface area is 149 Å². The summed E-state index contributed by atoms with van der Waals surface area (Å²) in [5.41, 5.74) is 11.1. The number of benzene rings is 1. The number of nitrogens with one attached hydrogen (secondary N) is 2. The second-order valence-electron chi connectivity index (χ2n) is 5.66. The molecule has 1 rings (SSSR count). The van der Waals surface area contributed by atoms with Crippen LogP contribution in [0.25, 0.3) is 0 Å². The second-order valence-corrected chi connectivity index (χ2v) is 5.66. The fourth-order valence-electron chi connectivity index (χ4n) is 2.04. The van der Waals surface area contributed by atoms with Crippen LogP contribution >= 0.6 is 0 Å². The fourth-order valence-corrected chi connectivity index (χ4v) is 2.04. The van der Waals surface area contributed by atoms with Gasteiger partial charge in [0.2, 0.25) is 17.7 Å². The lowest BCUT2D eigenvalue weighted by Crippen LogP contribution is -2.49. The van der Waals surface area contributed by atoms with Gasteiger partial charge in [0.05, 0.1) is 12.6 Å². The number of aliphatic carboxylic acids is 1. The zero-order valence-electron chi connectivity index (χ0n) is 14.0. The van der Waals surface area contributed by atoms with Gasteiger partial charge in [-0.25, -0.2) is 4.79 Å². The van der Waals surface area contributed by atoms with E-state index < -0.39 is 42.3 Å². The zero-order chi connectivity index (χ0) is 19.7. The smallest absolute Gasteiger partial charge is 0.326 e. The number of phenolic OH excluding ortho intramolecular Hbond substituents is 1. The molecule has 0 aliphatic carbocycles. The number of carbonyl (C=O) groups excluding carboxylic acids is 3. The highest BCUT2D eigenvalue weighted by Gasteiger charge is 2.21. The molecule has 2 atom stereocenters. The predicted octanol–water partition coefficient (Wildman–Crippen LogP) is -1.79. The topological polar surface area (TPSA) is 185 Å². The summed E-state index contributed by atoms with van der Waals surface area (Å²) in [6.45, 7) is -0.456. The van der Waals surface area contributed by atoms with Crippen molar-refractivity contribution in [3.05, 3.63) is 29.8 Å². The molecule has 10 nitrogen and oxygen atoms in total. The molecule has 26 heavy (non-hydrogen) atoms. The summed E-state index contributed by atoms with van der Waals surface area (Å²) in [6, 6.07) is 3.69. The summed E-state index contributed by atoms with van der Waals surface area (Å²) in [5.74, 6) is -3.14. The molecular weight excluding hydrogens is 344 g/mol. The first-order valence-electron chi connectivity index (χ1n) is 7.80. The molecule has 142 valence electrons. The van der Waals surface area contributed by atoms with E-state index in [9.17, 15) is 29.4 Å². The molecule has 0 heterocycles. The summed E-state index contributed by atoms with van der Waals surface area (Å²) in [5, 5.41) is 23.0. The molecule has 0 aliphatic heterocycles. The van der Waals surface area contributed by atoms with Crippen LogP contribution in [-0.2, 0) is 25.6 Å². The zero-order valence-corrected chi connectivity index (χ0v) is 14.0. The van der Waals surface area contributed by atoms with Gasteiger partial charge in [-0.15, -0.1) is 0 Å². The van der Waals surface area contributed by atoms with Crippen LogP contribution in [-0.4, -0.2) is 52.5 Å². The SMILES string of the molecule is NC(=O)CCC(N)C(=O)NCC(=O)NC(Cc1ccc(O)cc1)C(=O)O. The Hall–Kier alpha value is -3.14. The number of carbonyl (C=O) groups is 4. The van der Waals surface area contributed by atoms with Gasteiger partial charge in [0.15, 0.2) is 0 Å². The number of nitrogens with two attached hydrogens (primary N) is 2. The van der Waals surface area contributed by atoms with Crippen LogP contribution in [0.1, 0.15) is 18.4 Å². The molecule has 2 unspecified atom stereocenters. The van der Waals surface area contributed by atoms with E-state index in [1.165, 1.54) is 24.3 Å². The van der Waals surface area contributed by atoms with Crippen molar-refractivity contribution in [2.24, 2.45) is 11.5 Å². The molecule has 0 spiro atoms. The monoisotopic (exact) mass is 366 g/mol. The molecule has 1 aromatic carbocycles. The van der Waals surface area contributed by atoms with Crippen LogP contribution in [0.5, 0.6) is 5.75 Å². The number of rotatable bonds is 10. The Morgan fingerprint density at radius 2 is 1.73 bits per heavy atom. The normalized spacial score (nSPS) is 12.7. The van der Waals surface area contributed by atoms with Crippen molar-refractivity contribution in [1.82, 2.24) is 10.6 Å². The van der Waals surface area contributed by atoms with Crippen LogP contribution in [0.2, 0.25) is 0 Å². The number of hydrogen-bond donors (Lipinski definition) is 6. The molecule has 8 N–H and O–H groups in total. The summed E-state index contributed by atoms with van der Waals surface area (Å²) in [6.07, 6.45) is -0.0106. The number of primary amides is 1. The molecule has 0 aromatic heterocycles. The van der Waals surface area contributed by atoms with E-state index in [4.69, 9.17) is 11.5 Å². The van der Waals surface area contributed by atoms with Gasteiger partial charge < -0.3 is 32.3 Å². The lowest BCUT2D eigenvalue weighted by molar-refractivity contribution is -0.141. The quantitative estimate of drug-likeness (QED) is 0.282. The van der Waals surface area contributed by atoms with Crippen LogP contribution < -0.4 is 22.1 Å². The molecule has 3 amide bonds. The van der Waals surface area contributed by atoms with Crippen LogP contribution in [0, 0.1) is 0 Å². The number of aromatic hydroxyl groups is 1. The standard InChI is InChI=1S/C16H22N4O6/c17-11(5-6-13(18)22)15(24)19-8-14(23)20-12(16(25)26)7-9-1-3-10(21)4-2-9/h1-4,11-12,21H,5-8,17H2,(H2,18,22)(H,19,24)(H,20,23)(H,25,26). The third-order valence-corrected chi connectivity index (χ3v) is 3.47. The third kappa shape index (κ3) is 7.62. The summed E-state index contributed by atoms with van der Waals surface area (Å²) < 4.78 is 0. The summed E-state index contributed by atoms with van der Waals surface area (Å²) in [7, 11) is 0. The molecule has 0 saturated carbocycles. The molecule has 0 saturated heterocycles. The van der Waals surface area contributed by atoms with Crippen LogP contribution in [0.15, 0.2) is 24.3 Å². The van der Waals surface area contributed by atoms with E-state index >= 15 is 0 Å². The maximum atomic E-state index is 11.9. The summed E-state index contributed by atoms with van der Waals surface area (Å²) >= 11 is 0. The largest absolute Gasteiger partial charge is 0.508 e. The highest BCUT2D eigenvalue weighted by Crippen LogP contribution is 2.11. The molecule has 0 radical (unpaired) electrons. The van der Waals surface area contributed by atoms with Crippen molar-refractivity contribution < 1.29 is 29.4 Å². The molecule has 0 aliphatic rings. The minimum Gasteiger partial charge on any atom is -0.508 e. The fraction of sp³-hybridized carbons (Fsp3) is 0.375. The Balaban J connectivity index is 2.49. The van der Waals surface area contributed by atoms with Crippen molar-refractivity contribution in [3.63, 3.8) is 0 Å². The number of carboxylic acids is 1. The van der Waals surface area contributed by atoms with Crippen molar-refractivity contribution in [2.45, 2.75) is 31.3 Å². The summed E-state index contributed by atoms with van der Waals surface area (Å²) in [4.78, 5) is 45.5. The van der Waals surface area contributed by atoms with Gasteiger partial charge in [0.1, 0.15) is 11.8 Å². The highest BCUT2D eigenvalue weighted by molar-refractivity contribution is 5.89. The Kier molecular flexibility index (Phi) is 8.03. The van der Waals surface area contributed by atoms with Gasteiger partial charge in [-0.05, 0) is 24.1 Å². The van der Waals surface area contributed by atoms with Crippen molar-refractivity contribution >= 4 is 23.7 Å². The van der Waals surface area contributed by atoms with E-state index in [-0.39, 0.29) is 25.0 Å².